The molecule has 1 N–H and O–H groups in total. The van der Waals surface area contributed by atoms with Gasteiger partial charge in [-0.15, -0.1) is 0 Å². The number of hydrogen-bond donors (Lipinski definition) is 1. The van der Waals surface area contributed by atoms with Gasteiger partial charge in [-0.25, -0.2) is 5.43 Å². The Labute approximate surface area is 166 Å². The van der Waals surface area contributed by atoms with Crippen molar-refractivity contribution in [1.29, 1.82) is 0 Å². The molecule has 1 aromatic heterocycles. The Kier molecular flexibility index (Phi) is 5.68. The molecule has 2 aromatic carbocycles. The summed E-state index contributed by atoms with van der Waals surface area (Å²) >= 11 is 9.39. The number of benzene rings is 2. The first-order valence-corrected chi connectivity index (χ1v) is 8.74. The highest BCUT2D eigenvalue weighted by molar-refractivity contribution is 9.10. The molecule has 3 rings (SSSR count). The summed E-state index contributed by atoms with van der Waals surface area (Å²) in [7, 11) is 0. The lowest BCUT2D eigenvalue weighted by molar-refractivity contribution is -0.384. The summed E-state index contributed by atoms with van der Waals surface area (Å²) in [5.41, 5.74) is 3.14. The molecule has 1 amide bonds. The molecule has 136 valence electrons. The average molecular weight is 449 g/mol. The number of carbonyl (C=O) groups is 1. The van der Waals surface area contributed by atoms with Gasteiger partial charge in [0.05, 0.1) is 16.2 Å². The number of non-ortho nitro benzene ring substituents is 1. The van der Waals surface area contributed by atoms with Gasteiger partial charge in [-0.2, -0.15) is 5.10 Å². The molecule has 0 fully saturated rings. The molecule has 0 unspecified atom stereocenters. The van der Waals surface area contributed by atoms with Crippen molar-refractivity contribution >= 4 is 45.3 Å². The molecular weight excluding hydrogens is 438 g/mol. The summed E-state index contributed by atoms with van der Waals surface area (Å²) in [4.78, 5) is 22.4. The van der Waals surface area contributed by atoms with Gasteiger partial charge in [-0.05, 0) is 36.4 Å². The van der Waals surface area contributed by atoms with Gasteiger partial charge in [0, 0.05) is 27.7 Å². The van der Waals surface area contributed by atoms with E-state index in [9.17, 15) is 14.9 Å². The Morgan fingerprint density at radius 3 is 2.78 bits per heavy atom. The average Bonchev–Trinajstić information content (AvgIpc) is 3.10. The van der Waals surface area contributed by atoms with Crippen LogP contribution in [0.4, 0.5) is 5.69 Å². The first kappa shape index (κ1) is 18.8. The molecule has 0 radical (unpaired) electrons. The van der Waals surface area contributed by atoms with Gasteiger partial charge in [-0.1, -0.05) is 33.6 Å². The lowest BCUT2D eigenvalue weighted by Crippen LogP contribution is -2.17. The van der Waals surface area contributed by atoms with Gasteiger partial charge in [-0.3, -0.25) is 14.9 Å². The predicted molar refractivity (Wildman–Crippen MR) is 105 cm³/mol. The monoisotopic (exact) mass is 447 g/mol. The maximum Gasteiger partial charge on any atom is 0.271 e. The van der Waals surface area contributed by atoms with E-state index in [1.807, 2.05) is 6.07 Å². The summed E-state index contributed by atoms with van der Waals surface area (Å²) in [6.07, 6.45) is 1.32. The topological polar surface area (TPSA) is 97.7 Å². The fourth-order valence-electron chi connectivity index (χ4n) is 2.23. The van der Waals surface area contributed by atoms with E-state index in [0.29, 0.717) is 27.7 Å². The zero-order chi connectivity index (χ0) is 19.4. The number of rotatable bonds is 5. The number of hydrogen-bond acceptors (Lipinski definition) is 5. The highest BCUT2D eigenvalue weighted by Crippen LogP contribution is 2.32. The van der Waals surface area contributed by atoms with Gasteiger partial charge < -0.3 is 4.42 Å². The molecule has 0 spiro atoms. The van der Waals surface area contributed by atoms with E-state index in [4.69, 9.17) is 16.0 Å². The number of furan rings is 1. The van der Waals surface area contributed by atoms with Crippen molar-refractivity contribution < 1.29 is 14.1 Å². The molecular formula is C18H11BrClN3O4. The Morgan fingerprint density at radius 2 is 2.04 bits per heavy atom. The number of nitrogens with one attached hydrogen (secondary N) is 1. The van der Waals surface area contributed by atoms with Crippen LogP contribution in [0.2, 0.25) is 5.02 Å². The van der Waals surface area contributed by atoms with E-state index < -0.39 is 4.92 Å². The maximum atomic E-state index is 12.0. The lowest BCUT2D eigenvalue weighted by Gasteiger charge is -2.01. The van der Waals surface area contributed by atoms with E-state index in [0.717, 1.165) is 4.47 Å². The Balaban J connectivity index is 1.73. The molecule has 1 heterocycles. The van der Waals surface area contributed by atoms with E-state index >= 15 is 0 Å². The number of amides is 1. The van der Waals surface area contributed by atoms with Crippen molar-refractivity contribution in [2.24, 2.45) is 5.10 Å². The second kappa shape index (κ2) is 8.15. The molecule has 0 saturated heterocycles. The summed E-state index contributed by atoms with van der Waals surface area (Å²) in [5, 5.41) is 15.1. The normalized spacial score (nSPS) is 10.9. The van der Waals surface area contributed by atoms with Crippen LogP contribution in [-0.2, 0) is 0 Å². The molecule has 7 nitrogen and oxygen atoms in total. The Morgan fingerprint density at radius 1 is 1.22 bits per heavy atom. The van der Waals surface area contributed by atoms with Crippen LogP contribution in [0.3, 0.4) is 0 Å². The Bertz CT molecular complexity index is 1050. The molecule has 9 heteroatoms. The summed E-state index contributed by atoms with van der Waals surface area (Å²) in [6, 6.07) is 14.2. The SMILES string of the molecule is O=C(NN=Cc1ccc(-c2cc([N+](=O)[O-])ccc2Cl)o1)c1cccc(Br)c1. The maximum absolute atomic E-state index is 12.0. The van der Waals surface area contributed by atoms with Crippen molar-refractivity contribution in [2.75, 3.05) is 0 Å². The minimum Gasteiger partial charge on any atom is -0.455 e. The third-order valence-electron chi connectivity index (χ3n) is 3.50. The Hall–Kier alpha value is -2.97. The van der Waals surface area contributed by atoms with Crippen molar-refractivity contribution in [1.82, 2.24) is 5.43 Å². The zero-order valence-electron chi connectivity index (χ0n) is 13.6. The zero-order valence-corrected chi connectivity index (χ0v) is 15.9. The van der Waals surface area contributed by atoms with E-state index in [1.54, 1.807) is 30.3 Å². The fraction of sp³-hybridized carbons (Fsp3) is 0. The van der Waals surface area contributed by atoms with E-state index in [1.165, 1.54) is 24.4 Å². The van der Waals surface area contributed by atoms with Crippen molar-refractivity contribution in [2.45, 2.75) is 0 Å². The van der Waals surface area contributed by atoms with Crippen LogP contribution < -0.4 is 5.43 Å². The van der Waals surface area contributed by atoms with Crippen LogP contribution in [0.1, 0.15) is 16.1 Å². The first-order valence-electron chi connectivity index (χ1n) is 7.57. The number of nitrogens with zero attached hydrogens (tertiary/aromatic N) is 2. The van der Waals surface area contributed by atoms with Crippen LogP contribution in [0.5, 0.6) is 0 Å². The molecule has 0 aliphatic carbocycles. The third kappa shape index (κ3) is 4.60. The molecule has 0 atom stereocenters. The first-order chi connectivity index (χ1) is 12.9. The van der Waals surface area contributed by atoms with Gasteiger partial charge >= 0.3 is 0 Å². The van der Waals surface area contributed by atoms with Gasteiger partial charge in [0.15, 0.2) is 0 Å². The van der Waals surface area contributed by atoms with Crippen molar-refractivity contribution in [3.63, 3.8) is 0 Å². The van der Waals surface area contributed by atoms with Crippen LogP contribution in [0, 0.1) is 10.1 Å². The van der Waals surface area contributed by atoms with E-state index in [-0.39, 0.29) is 11.6 Å². The quantitative estimate of drug-likeness (QED) is 0.336. The largest absolute Gasteiger partial charge is 0.455 e. The third-order valence-corrected chi connectivity index (χ3v) is 4.32. The molecule has 0 aliphatic heterocycles. The highest BCUT2D eigenvalue weighted by Gasteiger charge is 2.14. The minimum absolute atomic E-state index is 0.0951. The smallest absolute Gasteiger partial charge is 0.271 e. The molecule has 3 aromatic rings. The highest BCUT2D eigenvalue weighted by atomic mass is 79.9. The van der Waals surface area contributed by atoms with Crippen molar-refractivity contribution in [3.05, 3.63) is 85.5 Å². The van der Waals surface area contributed by atoms with Crippen LogP contribution in [0.25, 0.3) is 11.3 Å². The molecule has 27 heavy (non-hydrogen) atoms. The summed E-state index contributed by atoms with van der Waals surface area (Å²) in [5.74, 6) is 0.326. The van der Waals surface area contributed by atoms with Gasteiger partial charge in [0.25, 0.3) is 11.6 Å². The number of carbonyl (C=O) groups excluding carboxylic acids is 1. The summed E-state index contributed by atoms with van der Waals surface area (Å²) in [6.45, 7) is 0. The number of halogens is 2. The number of nitro benzene ring substituents is 1. The standard InChI is InChI=1S/C18H11BrClN3O4/c19-12-3-1-2-11(8-12)18(24)22-21-10-14-5-7-17(27-14)15-9-13(23(25)26)4-6-16(15)20/h1-10H,(H,22,24). The number of hydrazone groups is 1. The predicted octanol–water partition coefficient (Wildman–Crippen LogP) is 5.03. The van der Waals surface area contributed by atoms with Crippen LogP contribution >= 0.6 is 27.5 Å². The lowest BCUT2D eigenvalue weighted by atomic mass is 10.1. The van der Waals surface area contributed by atoms with Crippen LogP contribution in [-0.4, -0.2) is 17.0 Å². The van der Waals surface area contributed by atoms with Crippen LogP contribution in [0.15, 0.2) is 68.6 Å². The fourth-order valence-corrected chi connectivity index (χ4v) is 2.84. The molecule has 0 bridgehead atoms. The molecule has 0 aliphatic rings. The van der Waals surface area contributed by atoms with Gasteiger partial charge in [0.2, 0.25) is 0 Å². The molecule has 0 saturated carbocycles. The van der Waals surface area contributed by atoms with E-state index in [2.05, 4.69) is 26.5 Å². The second-order valence-electron chi connectivity index (χ2n) is 5.33. The minimum atomic E-state index is -0.511. The summed E-state index contributed by atoms with van der Waals surface area (Å²) < 4.78 is 6.36. The second-order valence-corrected chi connectivity index (χ2v) is 6.66. The van der Waals surface area contributed by atoms with Crippen molar-refractivity contribution in [3.8, 4) is 11.3 Å². The van der Waals surface area contributed by atoms with Gasteiger partial charge in [0.1, 0.15) is 11.5 Å². The number of nitro groups is 1.